The first-order chi connectivity index (χ1) is 17.5. The molecular formula is C29H32N2O5. The van der Waals surface area contributed by atoms with Crippen LogP contribution in [0.25, 0.3) is 0 Å². The van der Waals surface area contributed by atoms with Crippen molar-refractivity contribution in [3.05, 3.63) is 102 Å². The summed E-state index contributed by atoms with van der Waals surface area (Å²) in [5.74, 6) is -0.254. The van der Waals surface area contributed by atoms with Gasteiger partial charge in [0.15, 0.2) is 5.78 Å². The highest BCUT2D eigenvalue weighted by Gasteiger charge is 2.26. The summed E-state index contributed by atoms with van der Waals surface area (Å²) in [6.45, 7) is 2.37. The van der Waals surface area contributed by atoms with Gasteiger partial charge in [0.1, 0.15) is 18.4 Å². The van der Waals surface area contributed by atoms with Crippen molar-refractivity contribution >= 4 is 17.6 Å². The maximum Gasteiger partial charge on any atom is 0.251 e. The van der Waals surface area contributed by atoms with Crippen LogP contribution in [0.5, 0.6) is 5.75 Å². The summed E-state index contributed by atoms with van der Waals surface area (Å²) in [7, 11) is 1.61. The van der Waals surface area contributed by atoms with Crippen LogP contribution in [0.15, 0.2) is 84.9 Å². The topological polar surface area (TPSA) is 93.7 Å². The largest absolute Gasteiger partial charge is 0.491 e. The third-order valence-electron chi connectivity index (χ3n) is 5.67. The van der Waals surface area contributed by atoms with Gasteiger partial charge in [-0.1, -0.05) is 60.7 Å². The van der Waals surface area contributed by atoms with E-state index in [4.69, 9.17) is 9.47 Å². The van der Waals surface area contributed by atoms with Crippen molar-refractivity contribution in [2.75, 3.05) is 20.3 Å². The summed E-state index contributed by atoms with van der Waals surface area (Å²) in [6, 6.07) is 24.0. The van der Waals surface area contributed by atoms with Gasteiger partial charge >= 0.3 is 0 Å². The van der Waals surface area contributed by atoms with Crippen molar-refractivity contribution in [1.82, 2.24) is 10.6 Å². The summed E-state index contributed by atoms with van der Waals surface area (Å²) in [5.41, 5.74) is 2.22. The fourth-order valence-electron chi connectivity index (χ4n) is 3.66. The second kappa shape index (κ2) is 13.8. The molecule has 0 spiro atoms. The van der Waals surface area contributed by atoms with Crippen molar-refractivity contribution in [3.63, 3.8) is 0 Å². The van der Waals surface area contributed by atoms with Gasteiger partial charge in [-0.05, 0) is 48.7 Å². The summed E-state index contributed by atoms with van der Waals surface area (Å²) in [5, 5.41) is 5.68. The van der Waals surface area contributed by atoms with Gasteiger partial charge in [-0.15, -0.1) is 0 Å². The molecule has 7 nitrogen and oxygen atoms in total. The van der Waals surface area contributed by atoms with Gasteiger partial charge in [-0.25, -0.2) is 0 Å². The predicted molar refractivity (Wildman–Crippen MR) is 138 cm³/mol. The lowest BCUT2D eigenvalue weighted by atomic mass is 10.0. The standard InChI is InChI=1S/C29H32N2O5/c1-21(32)26(19-22-9-5-3-6-10-22)30-29(34)27(31-28(33)24-11-7-4-8-12-24)20-23-13-15-25(16-14-23)36-18-17-35-2/h3-16,26-27H,17-20H2,1-2H3,(H,30,34)(H,31,33). The van der Waals surface area contributed by atoms with E-state index in [1.807, 2.05) is 60.7 Å². The fourth-order valence-corrected chi connectivity index (χ4v) is 3.66. The molecule has 0 fully saturated rings. The van der Waals surface area contributed by atoms with Crippen molar-refractivity contribution in [1.29, 1.82) is 0 Å². The number of benzene rings is 3. The van der Waals surface area contributed by atoms with Crippen LogP contribution in [0, 0.1) is 0 Å². The summed E-state index contributed by atoms with van der Waals surface area (Å²) in [6.07, 6.45) is 0.619. The molecule has 7 heteroatoms. The molecule has 0 aliphatic heterocycles. The van der Waals surface area contributed by atoms with Gasteiger partial charge in [-0.2, -0.15) is 0 Å². The molecule has 0 saturated carbocycles. The van der Waals surface area contributed by atoms with Gasteiger partial charge < -0.3 is 20.1 Å². The summed E-state index contributed by atoms with van der Waals surface area (Å²) >= 11 is 0. The highest BCUT2D eigenvalue weighted by molar-refractivity contribution is 5.98. The number of rotatable bonds is 13. The number of amides is 2. The predicted octanol–water partition coefficient (Wildman–Crippen LogP) is 3.37. The first kappa shape index (κ1) is 26.6. The van der Waals surface area contributed by atoms with Crippen LogP contribution in [0.4, 0.5) is 0 Å². The Morgan fingerprint density at radius 3 is 1.92 bits per heavy atom. The quantitative estimate of drug-likeness (QED) is 0.360. The van der Waals surface area contributed by atoms with E-state index < -0.39 is 18.0 Å². The number of ether oxygens (including phenoxy) is 2. The lowest BCUT2D eigenvalue weighted by Gasteiger charge is -2.23. The fraction of sp³-hybridized carbons (Fsp3) is 0.276. The molecule has 0 aliphatic rings. The Hall–Kier alpha value is -3.97. The van der Waals surface area contributed by atoms with E-state index in [1.165, 1.54) is 6.92 Å². The van der Waals surface area contributed by atoms with Crippen LogP contribution in [0.1, 0.15) is 28.4 Å². The van der Waals surface area contributed by atoms with Crippen molar-refractivity contribution in [2.24, 2.45) is 0 Å². The molecule has 3 rings (SSSR count). The number of nitrogens with one attached hydrogen (secondary N) is 2. The molecule has 188 valence electrons. The maximum absolute atomic E-state index is 13.3. The SMILES string of the molecule is COCCOc1ccc(CC(NC(=O)c2ccccc2)C(=O)NC(Cc2ccccc2)C(C)=O)cc1. The number of ketones is 1. The minimum atomic E-state index is -0.879. The molecular weight excluding hydrogens is 456 g/mol. The third kappa shape index (κ3) is 8.36. The minimum absolute atomic E-state index is 0.155. The van der Waals surface area contributed by atoms with Crippen LogP contribution in [0.3, 0.4) is 0 Å². The minimum Gasteiger partial charge on any atom is -0.491 e. The Kier molecular flexibility index (Phi) is 10.2. The highest BCUT2D eigenvalue weighted by Crippen LogP contribution is 2.14. The Morgan fingerprint density at radius 1 is 0.722 bits per heavy atom. The molecule has 36 heavy (non-hydrogen) atoms. The van der Waals surface area contributed by atoms with Gasteiger partial charge in [-0.3, -0.25) is 14.4 Å². The molecule has 3 aromatic carbocycles. The van der Waals surface area contributed by atoms with Crippen LogP contribution in [0.2, 0.25) is 0 Å². The van der Waals surface area contributed by atoms with Gasteiger partial charge in [0.2, 0.25) is 5.91 Å². The van der Waals surface area contributed by atoms with Gasteiger partial charge in [0.25, 0.3) is 5.91 Å². The molecule has 0 radical (unpaired) electrons. The first-order valence-electron chi connectivity index (χ1n) is 11.9. The van der Waals surface area contributed by atoms with Gasteiger partial charge in [0, 0.05) is 19.1 Å². The Morgan fingerprint density at radius 2 is 1.31 bits per heavy atom. The zero-order chi connectivity index (χ0) is 25.8. The third-order valence-corrected chi connectivity index (χ3v) is 5.67. The van der Waals surface area contributed by atoms with Crippen molar-refractivity contribution in [3.8, 4) is 5.75 Å². The molecule has 2 atom stereocenters. The second-order valence-electron chi connectivity index (χ2n) is 8.44. The van der Waals surface area contributed by atoms with E-state index >= 15 is 0 Å². The summed E-state index contributed by atoms with van der Waals surface area (Å²) < 4.78 is 10.6. The summed E-state index contributed by atoms with van der Waals surface area (Å²) in [4.78, 5) is 38.5. The van der Waals surface area contributed by atoms with Crippen LogP contribution < -0.4 is 15.4 Å². The van der Waals surface area contributed by atoms with E-state index in [2.05, 4.69) is 10.6 Å². The second-order valence-corrected chi connectivity index (χ2v) is 8.44. The molecule has 0 saturated heterocycles. The van der Waals surface area contributed by atoms with Crippen LogP contribution >= 0.6 is 0 Å². The normalized spacial score (nSPS) is 12.3. The smallest absolute Gasteiger partial charge is 0.251 e. The zero-order valence-electron chi connectivity index (χ0n) is 20.6. The molecule has 0 bridgehead atoms. The highest BCUT2D eigenvalue weighted by atomic mass is 16.5. The van der Waals surface area contributed by atoms with Crippen LogP contribution in [-0.2, 0) is 27.2 Å². The van der Waals surface area contributed by atoms with Crippen molar-refractivity contribution in [2.45, 2.75) is 31.8 Å². The monoisotopic (exact) mass is 488 g/mol. The molecule has 2 amide bonds. The molecule has 3 aromatic rings. The number of hydrogen-bond donors (Lipinski definition) is 2. The van der Waals surface area contributed by atoms with Gasteiger partial charge in [0.05, 0.1) is 12.6 Å². The number of Topliss-reactive ketones (excluding diaryl/α,β-unsaturated/α-hetero) is 1. The molecule has 2 unspecified atom stereocenters. The lowest BCUT2D eigenvalue weighted by molar-refractivity contribution is -0.128. The first-order valence-corrected chi connectivity index (χ1v) is 11.9. The molecule has 0 aliphatic carbocycles. The Labute approximate surface area is 211 Å². The van der Waals surface area contributed by atoms with Crippen molar-refractivity contribution < 1.29 is 23.9 Å². The Balaban J connectivity index is 1.75. The number of hydrogen-bond acceptors (Lipinski definition) is 5. The molecule has 0 aromatic heterocycles. The average molecular weight is 489 g/mol. The zero-order valence-corrected chi connectivity index (χ0v) is 20.6. The van der Waals surface area contributed by atoms with E-state index in [0.29, 0.717) is 30.9 Å². The Bertz CT molecular complexity index is 1120. The maximum atomic E-state index is 13.3. The lowest BCUT2D eigenvalue weighted by Crippen LogP contribution is -2.52. The number of methoxy groups -OCH3 is 1. The van der Waals surface area contributed by atoms with Crippen LogP contribution in [-0.4, -0.2) is 50.0 Å². The average Bonchev–Trinajstić information content (AvgIpc) is 2.90. The molecule has 0 heterocycles. The number of carbonyl (C=O) groups is 3. The molecule has 2 N–H and O–H groups in total. The van der Waals surface area contributed by atoms with E-state index in [9.17, 15) is 14.4 Å². The van der Waals surface area contributed by atoms with E-state index in [-0.39, 0.29) is 18.1 Å². The number of carbonyl (C=O) groups excluding carboxylic acids is 3. The van der Waals surface area contributed by atoms with E-state index in [1.54, 1.807) is 31.4 Å². The van der Waals surface area contributed by atoms with E-state index in [0.717, 1.165) is 11.1 Å².